The van der Waals surface area contributed by atoms with Crippen LogP contribution in [0.2, 0.25) is 0 Å². The highest BCUT2D eigenvalue weighted by Crippen LogP contribution is 2.19. The predicted octanol–water partition coefficient (Wildman–Crippen LogP) is 3.14. The maximum atomic E-state index is 4.58. The lowest BCUT2D eigenvalue weighted by molar-refractivity contribution is 1.13. The monoisotopic (exact) mass is 291 g/mol. The van der Waals surface area contributed by atoms with Crippen molar-refractivity contribution in [3.8, 4) is 0 Å². The second kappa shape index (κ2) is 6.22. The molecule has 0 aliphatic rings. The molecule has 1 aromatic carbocycles. The third-order valence-corrected chi connectivity index (χ3v) is 3.25. The first kappa shape index (κ1) is 14.0. The van der Waals surface area contributed by atoms with Gasteiger partial charge in [-0.2, -0.15) is 5.10 Å². The third-order valence-electron chi connectivity index (χ3n) is 3.25. The van der Waals surface area contributed by atoms with Crippen LogP contribution in [0.4, 0.5) is 11.5 Å². The molecule has 5 nitrogen and oxygen atoms in total. The lowest BCUT2D eigenvalue weighted by Gasteiger charge is -2.12. The van der Waals surface area contributed by atoms with Crippen LogP contribution >= 0.6 is 0 Å². The molecular weight excluding hydrogens is 274 g/mol. The van der Waals surface area contributed by atoms with E-state index in [1.807, 2.05) is 44.4 Å². The number of nitrogens with zero attached hydrogens (tertiary/aromatic N) is 4. The minimum atomic E-state index is 0.704. The van der Waals surface area contributed by atoms with Gasteiger partial charge in [0.25, 0.3) is 0 Å². The highest BCUT2D eigenvalue weighted by atomic mass is 15.3. The Balaban J connectivity index is 1.79. The predicted molar refractivity (Wildman–Crippen MR) is 91.5 cm³/mol. The first-order valence-electron chi connectivity index (χ1n) is 7.00. The molecule has 0 bridgehead atoms. The second-order valence-corrected chi connectivity index (χ2v) is 5.09. The standard InChI is InChI=1S/C17H17N5/c1-22(2)15-8-9-16-13(11-15)6-7-14(20-16)12-19-21-17-5-3-4-10-18-17/h3-12H,1-2H3,(H,18,21)/b19-12+. The number of pyridine rings is 2. The van der Waals surface area contributed by atoms with Crippen molar-refractivity contribution in [1.82, 2.24) is 9.97 Å². The van der Waals surface area contributed by atoms with Crippen LogP contribution in [0.15, 0.2) is 59.8 Å². The van der Waals surface area contributed by atoms with E-state index >= 15 is 0 Å². The molecule has 110 valence electrons. The molecule has 0 unspecified atom stereocenters. The number of benzene rings is 1. The molecule has 3 rings (SSSR count). The van der Waals surface area contributed by atoms with Gasteiger partial charge in [-0.15, -0.1) is 0 Å². The summed E-state index contributed by atoms with van der Waals surface area (Å²) in [4.78, 5) is 10.8. The van der Waals surface area contributed by atoms with Gasteiger partial charge in [0.1, 0.15) is 5.82 Å². The Morgan fingerprint density at radius 2 is 2.00 bits per heavy atom. The Bertz CT molecular complexity index is 797. The van der Waals surface area contributed by atoms with E-state index in [2.05, 4.69) is 43.6 Å². The summed E-state index contributed by atoms with van der Waals surface area (Å²) in [5.41, 5.74) is 5.79. The van der Waals surface area contributed by atoms with Gasteiger partial charge in [-0.25, -0.2) is 9.97 Å². The zero-order chi connectivity index (χ0) is 15.4. The van der Waals surface area contributed by atoms with E-state index in [1.54, 1.807) is 12.4 Å². The zero-order valence-electron chi connectivity index (χ0n) is 12.6. The Morgan fingerprint density at radius 3 is 2.77 bits per heavy atom. The number of rotatable bonds is 4. The highest BCUT2D eigenvalue weighted by Gasteiger charge is 2.00. The maximum Gasteiger partial charge on any atom is 0.146 e. The molecule has 22 heavy (non-hydrogen) atoms. The van der Waals surface area contributed by atoms with Gasteiger partial charge in [0, 0.05) is 31.4 Å². The third kappa shape index (κ3) is 3.20. The van der Waals surface area contributed by atoms with Crippen LogP contribution in [0, 0.1) is 0 Å². The van der Waals surface area contributed by atoms with Crippen molar-refractivity contribution in [1.29, 1.82) is 0 Å². The summed E-state index contributed by atoms with van der Waals surface area (Å²) < 4.78 is 0. The lowest BCUT2D eigenvalue weighted by atomic mass is 10.2. The molecule has 0 aliphatic carbocycles. The molecule has 0 saturated heterocycles. The molecule has 0 spiro atoms. The van der Waals surface area contributed by atoms with Crippen molar-refractivity contribution >= 4 is 28.6 Å². The average Bonchev–Trinajstić information content (AvgIpc) is 2.55. The molecule has 0 atom stereocenters. The largest absolute Gasteiger partial charge is 0.378 e. The van der Waals surface area contributed by atoms with Crippen molar-refractivity contribution in [2.24, 2.45) is 5.10 Å². The minimum absolute atomic E-state index is 0.704. The van der Waals surface area contributed by atoms with Gasteiger partial charge in [-0.3, -0.25) is 5.43 Å². The van der Waals surface area contributed by atoms with Gasteiger partial charge < -0.3 is 4.90 Å². The molecule has 0 fully saturated rings. The fraction of sp³-hybridized carbons (Fsp3) is 0.118. The normalized spacial score (nSPS) is 11.0. The summed E-state index contributed by atoms with van der Waals surface area (Å²) in [6.45, 7) is 0. The SMILES string of the molecule is CN(C)c1ccc2nc(/C=N/Nc3ccccn3)ccc2c1. The zero-order valence-corrected chi connectivity index (χ0v) is 12.6. The van der Waals surface area contributed by atoms with Gasteiger partial charge >= 0.3 is 0 Å². The van der Waals surface area contributed by atoms with Crippen LogP contribution in [-0.2, 0) is 0 Å². The van der Waals surface area contributed by atoms with E-state index in [0.717, 1.165) is 22.3 Å². The van der Waals surface area contributed by atoms with Gasteiger partial charge in [0.2, 0.25) is 0 Å². The van der Waals surface area contributed by atoms with E-state index in [0.29, 0.717) is 5.82 Å². The Morgan fingerprint density at radius 1 is 1.09 bits per heavy atom. The maximum absolute atomic E-state index is 4.58. The molecule has 0 saturated carbocycles. The molecule has 2 heterocycles. The lowest BCUT2D eigenvalue weighted by Crippen LogP contribution is -2.08. The van der Waals surface area contributed by atoms with Crippen molar-refractivity contribution in [3.05, 3.63) is 60.4 Å². The highest BCUT2D eigenvalue weighted by molar-refractivity contribution is 5.87. The second-order valence-electron chi connectivity index (χ2n) is 5.09. The number of fused-ring (bicyclic) bond motifs is 1. The van der Waals surface area contributed by atoms with Crippen LogP contribution in [0.25, 0.3) is 10.9 Å². The summed E-state index contributed by atoms with van der Waals surface area (Å²) in [5, 5.41) is 5.27. The minimum Gasteiger partial charge on any atom is -0.378 e. The summed E-state index contributed by atoms with van der Waals surface area (Å²) in [6, 6.07) is 15.8. The molecular formula is C17H17N5. The van der Waals surface area contributed by atoms with Crippen molar-refractivity contribution in [3.63, 3.8) is 0 Å². The summed E-state index contributed by atoms with van der Waals surface area (Å²) in [7, 11) is 4.05. The van der Waals surface area contributed by atoms with Gasteiger partial charge in [-0.05, 0) is 36.4 Å². The Kier molecular flexibility index (Phi) is 3.96. The summed E-state index contributed by atoms with van der Waals surface area (Å²) in [6.07, 6.45) is 3.41. The topological polar surface area (TPSA) is 53.4 Å². The number of nitrogens with one attached hydrogen (secondary N) is 1. The van der Waals surface area contributed by atoms with Crippen LogP contribution in [-0.4, -0.2) is 30.3 Å². The van der Waals surface area contributed by atoms with E-state index in [9.17, 15) is 0 Å². The summed E-state index contributed by atoms with van der Waals surface area (Å²) in [5.74, 6) is 0.704. The van der Waals surface area contributed by atoms with E-state index < -0.39 is 0 Å². The van der Waals surface area contributed by atoms with Crippen LogP contribution in [0.1, 0.15) is 5.69 Å². The summed E-state index contributed by atoms with van der Waals surface area (Å²) >= 11 is 0. The molecule has 0 amide bonds. The van der Waals surface area contributed by atoms with E-state index in [1.165, 1.54) is 0 Å². The van der Waals surface area contributed by atoms with Crippen molar-refractivity contribution in [2.75, 3.05) is 24.4 Å². The van der Waals surface area contributed by atoms with Crippen LogP contribution in [0.5, 0.6) is 0 Å². The van der Waals surface area contributed by atoms with Gasteiger partial charge in [-0.1, -0.05) is 12.1 Å². The van der Waals surface area contributed by atoms with Crippen molar-refractivity contribution in [2.45, 2.75) is 0 Å². The average molecular weight is 291 g/mol. The van der Waals surface area contributed by atoms with Crippen LogP contribution < -0.4 is 10.3 Å². The first-order valence-corrected chi connectivity index (χ1v) is 7.00. The molecule has 2 aromatic heterocycles. The Labute approximate surface area is 129 Å². The number of hydrogen-bond donors (Lipinski definition) is 1. The fourth-order valence-electron chi connectivity index (χ4n) is 2.07. The van der Waals surface area contributed by atoms with Crippen molar-refractivity contribution < 1.29 is 0 Å². The number of anilines is 2. The quantitative estimate of drug-likeness (QED) is 0.592. The van der Waals surface area contributed by atoms with Gasteiger partial charge in [0.05, 0.1) is 17.4 Å². The first-order chi connectivity index (χ1) is 10.7. The molecule has 0 radical (unpaired) electrons. The molecule has 3 aromatic rings. The van der Waals surface area contributed by atoms with E-state index in [-0.39, 0.29) is 0 Å². The number of hydrazone groups is 1. The fourth-order valence-corrected chi connectivity index (χ4v) is 2.07. The number of aromatic nitrogens is 2. The van der Waals surface area contributed by atoms with Crippen LogP contribution in [0.3, 0.4) is 0 Å². The number of hydrogen-bond acceptors (Lipinski definition) is 5. The molecule has 1 N–H and O–H groups in total. The molecule has 0 aliphatic heterocycles. The Hall–Kier alpha value is -2.95. The molecule has 5 heteroatoms. The smallest absolute Gasteiger partial charge is 0.146 e. The van der Waals surface area contributed by atoms with Gasteiger partial charge in [0.15, 0.2) is 0 Å². The van der Waals surface area contributed by atoms with E-state index in [4.69, 9.17) is 0 Å².